The maximum Gasteiger partial charge on any atom is 0.341 e. The molecular formula is C20H30O3. The van der Waals surface area contributed by atoms with Crippen LogP contribution in [0.25, 0.3) is 0 Å². The van der Waals surface area contributed by atoms with E-state index < -0.39 is 0 Å². The highest BCUT2D eigenvalue weighted by atomic mass is 16.5. The second-order valence-electron chi connectivity index (χ2n) is 7.73. The van der Waals surface area contributed by atoms with Crippen molar-refractivity contribution in [3.63, 3.8) is 0 Å². The number of ether oxygens (including phenoxy) is 2. The molecule has 1 saturated carbocycles. The van der Waals surface area contributed by atoms with E-state index in [4.69, 9.17) is 9.47 Å². The van der Waals surface area contributed by atoms with Crippen LogP contribution in [0.4, 0.5) is 0 Å². The first kappa shape index (κ1) is 17.8. The van der Waals surface area contributed by atoms with Gasteiger partial charge in [-0.2, -0.15) is 0 Å². The summed E-state index contributed by atoms with van der Waals surface area (Å²) in [4.78, 5) is 12.5. The van der Waals surface area contributed by atoms with Crippen molar-refractivity contribution in [2.24, 2.45) is 17.3 Å². The molecule has 0 spiro atoms. The molecule has 0 bridgehead atoms. The van der Waals surface area contributed by atoms with E-state index in [-0.39, 0.29) is 11.4 Å². The summed E-state index contributed by atoms with van der Waals surface area (Å²) in [6.07, 6.45) is 4.87. The number of hydrogen-bond donors (Lipinski definition) is 0. The van der Waals surface area contributed by atoms with Crippen molar-refractivity contribution in [1.82, 2.24) is 0 Å². The molecule has 1 fully saturated rings. The Hall–Kier alpha value is -1.51. The summed E-state index contributed by atoms with van der Waals surface area (Å²) in [5, 5.41) is 0. The van der Waals surface area contributed by atoms with E-state index in [9.17, 15) is 4.79 Å². The van der Waals surface area contributed by atoms with Crippen LogP contribution in [0, 0.1) is 17.3 Å². The number of rotatable bonds is 6. The molecule has 1 aliphatic rings. The number of para-hydroxylation sites is 1. The van der Waals surface area contributed by atoms with E-state index in [2.05, 4.69) is 27.7 Å². The van der Waals surface area contributed by atoms with Gasteiger partial charge in [0, 0.05) is 0 Å². The molecule has 0 heterocycles. The molecule has 2 rings (SSSR count). The molecule has 1 atom stereocenters. The van der Waals surface area contributed by atoms with Crippen LogP contribution in [0.15, 0.2) is 24.3 Å². The molecule has 128 valence electrons. The second-order valence-corrected chi connectivity index (χ2v) is 7.73. The summed E-state index contributed by atoms with van der Waals surface area (Å²) in [5.41, 5.74) is 0.786. The Morgan fingerprint density at radius 2 is 2.00 bits per heavy atom. The minimum Gasteiger partial charge on any atom is -0.492 e. The van der Waals surface area contributed by atoms with Gasteiger partial charge in [-0.15, -0.1) is 0 Å². The third-order valence-electron chi connectivity index (χ3n) is 4.82. The molecular weight excluding hydrogens is 288 g/mol. The summed E-state index contributed by atoms with van der Waals surface area (Å²) in [7, 11) is 0. The first-order valence-electron chi connectivity index (χ1n) is 8.79. The fourth-order valence-electron chi connectivity index (χ4n) is 3.15. The minimum absolute atomic E-state index is 0.256. The van der Waals surface area contributed by atoms with Gasteiger partial charge in [0.15, 0.2) is 0 Å². The van der Waals surface area contributed by atoms with Gasteiger partial charge in [0.2, 0.25) is 0 Å². The van der Waals surface area contributed by atoms with Gasteiger partial charge in [0.25, 0.3) is 0 Å². The third-order valence-corrected chi connectivity index (χ3v) is 4.82. The first-order chi connectivity index (χ1) is 10.9. The molecule has 0 aliphatic heterocycles. The molecule has 0 radical (unpaired) electrons. The van der Waals surface area contributed by atoms with Crippen molar-refractivity contribution in [2.75, 3.05) is 13.2 Å². The standard InChI is InChI=1S/C20H30O3/c1-15(2)13-22-18-11-6-5-10-17(18)19(21)23-14-16-9-7-8-12-20(16,3)4/h5-6,10-11,15-16H,7-9,12-14H2,1-4H3. The number of carbonyl (C=O) groups excluding carboxylic acids is 1. The van der Waals surface area contributed by atoms with Crippen LogP contribution in [-0.4, -0.2) is 19.2 Å². The molecule has 1 aliphatic carbocycles. The Labute approximate surface area is 140 Å². The van der Waals surface area contributed by atoms with Crippen molar-refractivity contribution in [3.05, 3.63) is 29.8 Å². The zero-order chi connectivity index (χ0) is 16.9. The van der Waals surface area contributed by atoms with E-state index in [1.807, 2.05) is 18.2 Å². The van der Waals surface area contributed by atoms with E-state index in [0.29, 0.717) is 36.4 Å². The second kappa shape index (κ2) is 7.85. The Morgan fingerprint density at radius 1 is 1.26 bits per heavy atom. The van der Waals surface area contributed by atoms with Gasteiger partial charge in [0.1, 0.15) is 11.3 Å². The maximum atomic E-state index is 12.5. The molecule has 0 saturated heterocycles. The highest BCUT2D eigenvalue weighted by Gasteiger charge is 2.33. The van der Waals surface area contributed by atoms with E-state index in [1.165, 1.54) is 19.3 Å². The van der Waals surface area contributed by atoms with Gasteiger partial charge in [-0.05, 0) is 42.2 Å². The molecule has 1 unspecified atom stereocenters. The van der Waals surface area contributed by atoms with E-state index >= 15 is 0 Å². The van der Waals surface area contributed by atoms with Crippen LogP contribution in [0.2, 0.25) is 0 Å². The normalized spacial score (nSPS) is 20.3. The molecule has 23 heavy (non-hydrogen) atoms. The minimum atomic E-state index is -0.272. The third kappa shape index (κ3) is 4.98. The maximum absolute atomic E-state index is 12.5. The quantitative estimate of drug-likeness (QED) is 0.685. The molecule has 1 aromatic carbocycles. The predicted molar refractivity (Wildman–Crippen MR) is 92.8 cm³/mol. The smallest absolute Gasteiger partial charge is 0.341 e. The topological polar surface area (TPSA) is 35.5 Å². The Morgan fingerprint density at radius 3 is 2.70 bits per heavy atom. The predicted octanol–water partition coefficient (Wildman–Crippen LogP) is 5.09. The highest BCUT2D eigenvalue weighted by Crippen LogP contribution is 2.40. The average molecular weight is 318 g/mol. The van der Waals surface area contributed by atoms with Crippen LogP contribution in [-0.2, 0) is 4.74 Å². The van der Waals surface area contributed by atoms with Crippen LogP contribution >= 0.6 is 0 Å². The summed E-state index contributed by atoms with van der Waals surface area (Å²) < 4.78 is 11.4. The molecule has 0 aromatic heterocycles. The van der Waals surface area contributed by atoms with Crippen LogP contribution in [0.3, 0.4) is 0 Å². The number of hydrogen-bond acceptors (Lipinski definition) is 3. The van der Waals surface area contributed by atoms with Crippen molar-refractivity contribution >= 4 is 5.97 Å². The van der Waals surface area contributed by atoms with Crippen molar-refractivity contribution in [1.29, 1.82) is 0 Å². The van der Waals surface area contributed by atoms with Gasteiger partial charge >= 0.3 is 5.97 Å². The van der Waals surface area contributed by atoms with Gasteiger partial charge in [-0.1, -0.05) is 52.7 Å². The lowest BCUT2D eigenvalue weighted by atomic mass is 9.69. The van der Waals surface area contributed by atoms with Crippen LogP contribution in [0.1, 0.15) is 63.7 Å². The van der Waals surface area contributed by atoms with E-state index in [0.717, 1.165) is 6.42 Å². The number of carbonyl (C=O) groups is 1. The van der Waals surface area contributed by atoms with Crippen molar-refractivity contribution in [3.8, 4) is 5.75 Å². The molecule has 0 N–H and O–H groups in total. The fraction of sp³-hybridized carbons (Fsp3) is 0.650. The molecule has 0 amide bonds. The van der Waals surface area contributed by atoms with Gasteiger partial charge in [-0.3, -0.25) is 0 Å². The summed E-state index contributed by atoms with van der Waals surface area (Å²) in [6.45, 7) is 9.84. The Bertz CT molecular complexity index is 519. The number of benzene rings is 1. The Kier molecular flexibility index (Phi) is 6.09. The van der Waals surface area contributed by atoms with Crippen molar-refractivity contribution < 1.29 is 14.3 Å². The monoisotopic (exact) mass is 318 g/mol. The van der Waals surface area contributed by atoms with E-state index in [1.54, 1.807) is 6.07 Å². The van der Waals surface area contributed by atoms with Gasteiger partial charge in [-0.25, -0.2) is 4.79 Å². The largest absolute Gasteiger partial charge is 0.492 e. The van der Waals surface area contributed by atoms with Crippen LogP contribution < -0.4 is 4.74 Å². The lowest BCUT2D eigenvalue weighted by molar-refractivity contribution is 0.0199. The summed E-state index contributed by atoms with van der Waals surface area (Å²) >= 11 is 0. The van der Waals surface area contributed by atoms with Gasteiger partial charge in [0.05, 0.1) is 13.2 Å². The lowest BCUT2D eigenvalue weighted by Crippen LogP contribution is -2.32. The first-order valence-corrected chi connectivity index (χ1v) is 8.79. The molecule has 3 heteroatoms. The van der Waals surface area contributed by atoms with Gasteiger partial charge < -0.3 is 9.47 Å². The molecule has 1 aromatic rings. The lowest BCUT2D eigenvalue weighted by Gasteiger charge is -2.38. The zero-order valence-electron chi connectivity index (χ0n) is 14.9. The van der Waals surface area contributed by atoms with Crippen molar-refractivity contribution in [2.45, 2.75) is 53.4 Å². The zero-order valence-corrected chi connectivity index (χ0v) is 14.9. The fourth-order valence-corrected chi connectivity index (χ4v) is 3.15. The van der Waals surface area contributed by atoms with Crippen LogP contribution in [0.5, 0.6) is 5.75 Å². The average Bonchev–Trinajstić information content (AvgIpc) is 2.51. The molecule has 3 nitrogen and oxygen atoms in total. The number of esters is 1. The Balaban J connectivity index is 1.98. The summed E-state index contributed by atoms with van der Waals surface area (Å²) in [6, 6.07) is 7.35. The summed E-state index contributed by atoms with van der Waals surface area (Å²) in [5.74, 6) is 1.21. The SMILES string of the molecule is CC(C)COc1ccccc1C(=O)OCC1CCCCC1(C)C. The highest BCUT2D eigenvalue weighted by molar-refractivity contribution is 5.92.